The number of rotatable bonds is 5. The van der Waals surface area contributed by atoms with Gasteiger partial charge in [-0.15, -0.1) is 0 Å². The third kappa shape index (κ3) is 3.04. The molecule has 0 aliphatic carbocycles. The molecule has 7 heteroatoms. The second kappa shape index (κ2) is 6.72. The average Bonchev–Trinajstić information content (AvgIpc) is 2.98. The van der Waals surface area contributed by atoms with Crippen molar-refractivity contribution in [1.29, 1.82) is 0 Å². The maximum atomic E-state index is 13.0. The normalized spacial score (nSPS) is 28.3. The van der Waals surface area contributed by atoms with E-state index in [4.69, 9.17) is 15.2 Å². The molecule has 3 N–H and O–H groups in total. The number of amides is 1. The van der Waals surface area contributed by atoms with Crippen LogP contribution in [0.25, 0.3) is 0 Å². The lowest BCUT2D eigenvalue weighted by molar-refractivity contribution is -0.152. The minimum atomic E-state index is -0.919. The van der Waals surface area contributed by atoms with Gasteiger partial charge in [0.2, 0.25) is 5.91 Å². The molecule has 2 aliphatic rings. The van der Waals surface area contributed by atoms with E-state index in [9.17, 15) is 14.7 Å². The molecule has 0 bridgehead atoms. The first-order chi connectivity index (χ1) is 10.1. The summed E-state index contributed by atoms with van der Waals surface area (Å²) in [5, 5.41) is 9.28. The Morgan fingerprint density at radius 1 is 1.29 bits per heavy atom. The maximum absolute atomic E-state index is 13.0. The molecule has 0 saturated carbocycles. The monoisotopic (exact) mass is 300 g/mol. The first-order valence-corrected chi connectivity index (χ1v) is 7.45. The number of carboxylic acid groups (broad SMARTS) is 1. The molecule has 2 heterocycles. The van der Waals surface area contributed by atoms with Crippen LogP contribution in [0.3, 0.4) is 0 Å². The minimum absolute atomic E-state index is 0.0578. The van der Waals surface area contributed by atoms with Crippen LogP contribution in [-0.2, 0) is 19.1 Å². The summed E-state index contributed by atoms with van der Waals surface area (Å²) in [6.07, 6.45) is 1.17. The van der Waals surface area contributed by atoms with Crippen LogP contribution in [0.1, 0.15) is 19.8 Å². The van der Waals surface area contributed by atoms with Gasteiger partial charge in [-0.1, -0.05) is 0 Å². The molecule has 2 unspecified atom stereocenters. The number of nitrogens with zero attached hydrogens (tertiary/aromatic N) is 1. The second-order valence-electron chi connectivity index (χ2n) is 5.74. The van der Waals surface area contributed by atoms with E-state index >= 15 is 0 Å². The van der Waals surface area contributed by atoms with Gasteiger partial charge in [-0.05, 0) is 19.8 Å². The first-order valence-electron chi connectivity index (χ1n) is 7.45. The third-order valence-electron chi connectivity index (χ3n) is 4.66. The van der Waals surface area contributed by atoms with Gasteiger partial charge in [-0.2, -0.15) is 0 Å². The van der Waals surface area contributed by atoms with Crippen molar-refractivity contribution in [3.63, 3.8) is 0 Å². The second-order valence-corrected chi connectivity index (χ2v) is 5.74. The van der Waals surface area contributed by atoms with Crippen LogP contribution in [0, 0.1) is 11.3 Å². The molecule has 0 spiro atoms. The van der Waals surface area contributed by atoms with Crippen molar-refractivity contribution < 1.29 is 24.2 Å². The fraction of sp³-hybridized carbons (Fsp3) is 0.857. The summed E-state index contributed by atoms with van der Waals surface area (Å²) in [5.41, 5.74) is 5.25. The average molecular weight is 300 g/mol. The van der Waals surface area contributed by atoms with E-state index in [1.807, 2.05) is 6.92 Å². The molecule has 2 rings (SSSR count). The van der Waals surface area contributed by atoms with Crippen molar-refractivity contribution >= 4 is 11.9 Å². The van der Waals surface area contributed by atoms with Gasteiger partial charge in [0, 0.05) is 26.3 Å². The van der Waals surface area contributed by atoms with Gasteiger partial charge < -0.3 is 25.2 Å². The maximum Gasteiger partial charge on any atom is 0.311 e. The van der Waals surface area contributed by atoms with Crippen molar-refractivity contribution in [2.24, 2.45) is 17.1 Å². The van der Waals surface area contributed by atoms with Crippen LogP contribution in [0.2, 0.25) is 0 Å². The molecular weight excluding hydrogens is 276 g/mol. The van der Waals surface area contributed by atoms with Crippen molar-refractivity contribution in [1.82, 2.24) is 4.90 Å². The van der Waals surface area contributed by atoms with Gasteiger partial charge in [0.1, 0.15) is 5.92 Å². The molecular formula is C14H24N2O5. The number of aliphatic carboxylic acids is 1. The summed E-state index contributed by atoms with van der Waals surface area (Å²) in [6, 6.07) is -0.411. The van der Waals surface area contributed by atoms with E-state index in [1.54, 1.807) is 4.90 Å². The van der Waals surface area contributed by atoms with Crippen LogP contribution in [0.4, 0.5) is 0 Å². The number of carbonyl (C=O) groups is 2. The number of likely N-dealkylation sites (N-methyl/N-ethyl adjacent to an activating group) is 1. The number of carbonyl (C=O) groups excluding carboxylic acids is 1. The zero-order valence-corrected chi connectivity index (χ0v) is 12.4. The van der Waals surface area contributed by atoms with Gasteiger partial charge in [0.25, 0.3) is 0 Å². The van der Waals surface area contributed by atoms with Crippen LogP contribution < -0.4 is 5.73 Å². The molecule has 0 aromatic carbocycles. The zero-order chi connectivity index (χ0) is 15.5. The zero-order valence-electron chi connectivity index (χ0n) is 12.4. The van der Waals surface area contributed by atoms with Crippen LogP contribution in [0.5, 0.6) is 0 Å². The third-order valence-corrected chi connectivity index (χ3v) is 4.66. The van der Waals surface area contributed by atoms with Gasteiger partial charge >= 0.3 is 5.97 Å². The molecule has 2 saturated heterocycles. The first kappa shape index (κ1) is 16.2. The predicted molar refractivity (Wildman–Crippen MR) is 74.7 cm³/mol. The quantitative estimate of drug-likeness (QED) is 0.722. The highest BCUT2D eigenvalue weighted by atomic mass is 16.5. The van der Waals surface area contributed by atoms with E-state index in [0.717, 1.165) is 0 Å². The Hall–Kier alpha value is -1.18. The lowest BCUT2D eigenvalue weighted by Crippen LogP contribution is -2.56. The Labute approximate surface area is 124 Å². The molecule has 7 nitrogen and oxygen atoms in total. The topological polar surface area (TPSA) is 102 Å². The van der Waals surface area contributed by atoms with Crippen molar-refractivity contribution in [3.8, 4) is 0 Å². The Balaban J connectivity index is 2.19. The van der Waals surface area contributed by atoms with Crippen LogP contribution in [0.15, 0.2) is 0 Å². The summed E-state index contributed by atoms with van der Waals surface area (Å²) in [5.74, 6) is -1.64. The predicted octanol–water partition coefficient (Wildman–Crippen LogP) is -0.310. The smallest absolute Gasteiger partial charge is 0.311 e. The summed E-state index contributed by atoms with van der Waals surface area (Å²) >= 11 is 0. The van der Waals surface area contributed by atoms with Crippen molar-refractivity contribution in [2.75, 3.05) is 39.5 Å². The number of hydrogen-bond donors (Lipinski definition) is 2. The van der Waals surface area contributed by atoms with Crippen LogP contribution in [-0.4, -0.2) is 67.4 Å². The molecule has 2 aliphatic heterocycles. The Morgan fingerprint density at radius 2 is 1.95 bits per heavy atom. The van der Waals surface area contributed by atoms with E-state index < -0.39 is 23.3 Å². The Bertz CT molecular complexity index is 395. The number of carboxylic acids is 1. The SMILES string of the molecule is CCN(C(=O)C1(CN)CCOCC1)C1COCC1C(=O)O. The molecule has 120 valence electrons. The standard InChI is InChI=1S/C14H24N2O5/c1-2-16(11-8-21-7-10(11)12(17)18)13(19)14(9-15)3-5-20-6-4-14/h10-11H,2-9,15H2,1H3,(H,17,18). The van der Waals surface area contributed by atoms with E-state index in [0.29, 0.717) is 32.6 Å². The summed E-state index contributed by atoms with van der Waals surface area (Å²) in [6.45, 7) is 4.04. The fourth-order valence-electron chi connectivity index (χ4n) is 3.19. The fourth-order valence-corrected chi connectivity index (χ4v) is 3.19. The van der Waals surface area contributed by atoms with Crippen molar-refractivity contribution in [3.05, 3.63) is 0 Å². The summed E-state index contributed by atoms with van der Waals surface area (Å²) in [7, 11) is 0. The Kier molecular flexibility index (Phi) is 5.18. The number of hydrogen-bond acceptors (Lipinski definition) is 5. The minimum Gasteiger partial charge on any atom is -0.481 e. The molecule has 0 aromatic heterocycles. The summed E-state index contributed by atoms with van der Waals surface area (Å²) < 4.78 is 10.6. The van der Waals surface area contributed by atoms with Gasteiger partial charge in [0.05, 0.1) is 24.7 Å². The molecule has 1 amide bonds. The molecule has 2 atom stereocenters. The Morgan fingerprint density at radius 3 is 2.48 bits per heavy atom. The van der Waals surface area contributed by atoms with E-state index in [1.165, 1.54) is 0 Å². The van der Waals surface area contributed by atoms with Crippen molar-refractivity contribution in [2.45, 2.75) is 25.8 Å². The van der Waals surface area contributed by atoms with Gasteiger partial charge in [-0.3, -0.25) is 9.59 Å². The number of ether oxygens (including phenoxy) is 2. The highest BCUT2D eigenvalue weighted by Gasteiger charge is 2.46. The lowest BCUT2D eigenvalue weighted by Gasteiger charge is -2.41. The summed E-state index contributed by atoms with van der Waals surface area (Å²) in [4.78, 5) is 25.9. The highest BCUT2D eigenvalue weighted by molar-refractivity contribution is 5.84. The molecule has 0 aromatic rings. The largest absolute Gasteiger partial charge is 0.481 e. The van der Waals surface area contributed by atoms with Gasteiger partial charge in [0.15, 0.2) is 0 Å². The molecule has 0 radical (unpaired) electrons. The molecule has 21 heavy (non-hydrogen) atoms. The van der Waals surface area contributed by atoms with E-state index in [2.05, 4.69) is 0 Å². The van der Waals surface area contributed by atoms with Crippen LogP contribution >= 0.6 is 0 Å². The van der Waals surface area contributed by atoms with E-state index in [-0.39, 0.29) is 25.7 Å². The highest BCUT2D eigenvalue weighted by Crippen LogP contribution is 2.34. The number of nitrogens with two attached hydrogens (primary N) is 1. The lowest BCUT2D eigenvalue weighted by atomic mass is 9.78. The van der Waals surface area contributed by atoms with Gasteiger partial charge in [-0.25, -0.2) is 0 Å². The molecule has 2 fully saturated rings.